The van der Waals surface area contributed by atoms with Crippen molar-refractivity contribution in [3.8, 4) is 11.3 Å². The largest absolute Gasteiger partial charge is 0.467 e. The van der Waals surface area contributed by atoms with Gasteiger partial charge in [0.25, 0.3) is 0 Å². The summed E-state index contributed by atoms with van der Waals surface area (Å²) in [6.45, 7) is 0.363. The Hall–Kier alpha value is -2.67. The van der Waals surface area contributed by atoms with Crippen LogP contribution in [0, 0.1) is 5.82 Å². The molecular weight excluding hydrogens is 329 g/mol. The number of benzene rings is 1. The molecule has 1 aromatic carbocycles. The maximum absolute atomic E-state index is 12.9. The van der Waals surface area contributed by atoms with Crippen molar-refractivity contribution in [2.75, 3.05) is 5.75 Å². The van der Waals surface area contributed by atoms with Gasteiger partial charge in [-0.3, -0.25) is 4.79 Å². The Morgan fingerprint density at radius 1 is 1.12 bits per heavy atom. The summed E-state index contributed by atoms with van der Waals surface area (Å²) in [7, 11) is 0. The van der Waals surface area contributed by atoms with Gasteiger partial charge in [0, 0.05) is 5.56 Å². The number of halogens is 1. The SMILES string of the molecule is O=C(CSc1ccc(-c2ccc(F)cc2)nn1)NCc1ccco1. The van der Waals surface area contributed by atoms with Crippen LogP contribution in [-0.2, 0) is 11.3 Å². The molecule has 3 aromatic rings. The van der Waals surface area contributed by atoms with Gasteiger partial charge in [-0.1, -0.05) is 11.8 Å². The van der Waals surface area contributed by atoms with Crippen LogP contribution in [0.1, 0.15) is 5.76 Å². The van der Waals surface area contributed by atoms with Crippen LogP contribution in [0.3, 0.4) is 0 Å². The molecule has 0 atom stereocenters. The van der Waals surface area contributed by atoms with E-state index in [1.54, 1.807) is 42.7 Å². The van der Waals surface area contributed by atoms with Gasteiger partial charge in [-0.15, -0.1) is 10.2 Å². The van der Waals surface area contributed by atoms with E-state index in [0.29, 0.717) is 23.0 Å². The van der Waals surface area contributed by atoms with Gasteiger partial charge in [-0.25, -0.2) is 4.39 Å². The van der Waals surface area contributed by atoms with Gasteiger partial charge >= 0.3 is 0 Å². The zero-order chi connectivity index (χ0) is 16.8. The van der Waals surface area contributed by atoms with E-state index in [9.17, 15) is 9.18 Å². The molecule has 0 spiro atoms. The second kappa shape index (κ2) is 7.74. The average molecular weight is 343 g/mol. The molecule has 0 aliphatic rings. The highest BCUT2D eigenvalue weighted by Crippen LogP contribution is 2.20. The monoisotopic (exact) mass is 343 g/mol. The highest BCUT2D eigenvalue weighted by atomic mass is 32.2. The molecule has 0 saturated carbocycles. The number of carbonyl (C=O) groups is 1. The minimum absolute atomic E-state index is 0.110. The van der Waals surface area contributed by atoms with E-state index in [1.165, 1.54) is 23.9 Å². The molecule has 0 radical (unpaired) electrons. The fourth-order valence-corrected chi connectivity index (χ4v) is 2.60. The third-order valence-corrected chi connectivity index (χ3v) is 4.09. The number of furan rings is 1. The Morgan fingerprint density at radius 3 is 2.62 bits per heavy atom. The molecule has 3 rings (SSSR count). The van der Waals surface area contributed by atoms with E-state index in [-0.39, 0.29) is 17.5 Å². The maximum Gasteiger partial charge on any atom is 0.230 e. The summed E-state index contributed by atoms with van der Waals surface area (Å²) in [5.74, 6) is 0.544. The van der Waals surface area contributed by atoms with Crippen LogP contribution in [-0.4, -0.2) is 21.9 Å². The Kier molecular flexibility index (Phi) is 5.22. The number of nitrogens with zero attached hydrogens (tertiary/aromatic N) is 2. The molecule has 5 nitrogen and oxygen atoms in total. The molecule has 0 unspecified atom stereocenters. The molecule has 0 saturated heterocycles. The number of hydrogen-bond acceptors (Lipinski definition) is 5. The van der Waals surface area contributed by atoms with Gasteiger partial charge in [-0.2, -0.15) is 0 Å². The minimum Gasteiger partial charge on any atom is -0.467 e. The normalized spacial score (nSPS) is 10.5. The van der Waals surface area contributed by atoms with Crippen LogP contribution in [0.4, 0.5) is 4.39 Å². The Balaban J connectivity index is 1.50. The summed E-state index contributed by atoms with van der Waals surface area (Å²) < 4.78 is 18.1. The van der Waals surface area contributed by atoms with Gasteiger partial charge in [0.15, 0.2) is 0 Å². The smallest absolute Gasteiger partial charge is 0.230 e. The van der Waals surface area contributed by atoms with Crippen molar-refractivity contribution >= 4 is 17.7 Å². The lowest BCUT2D eigenvalue weighted by Gasteiger charge is -2.04. The molecule has 0 bridgehead atoms. The standard InChI is InChI=1S/C17H14FN3O2S/c18-13-5-3-12(4-6-13)15-7-8-17(21-20-15)24-11-16(22)19-10-14-2-1-9-23-14/h1-9H,10-11H2,(H,19,22). The molecule has 2 aromatic heterocycles. The van der Waals surface area contributed by atoms with Crippen LogP contribution in [0.15, 0.2) is 64.2 Å². The van der Waals surface area contributed by atoms with E-state index in [0.717, 1.165) is 5.56 Å². The van der Waals surface area contributed by atoms with E-state index in [1.807, 2.05) is 0 Å². The van der Waals surface area contributed by atoms with Gasteiger partial charge in [0.1, 0.15) is 16.6 Å². The number of hydrogen-bond donors (Lipinski definition) is 1. The average Bonchev–Trinajstić information content (AvgIpc) is 3.13. The molecule has 24 heavy (non-hydrogen) atoms. The van der Waals surface area contributed by atoms with Crippen molar-refractivity contribution < 1.29 is 13.6 Å². The van der Waals surface area contributed by atoms with Crippen LogP contribution in [0.25, 0.3) is 11.3 Å². The van der Waals surface area contributed by atoms with Gasteiger partial charge in [-0.05, 0) is 48.5 Å². The quantitative estimate of drug-likeness (QED) is 0.696. The molecule has 0 aliphatic heterocycles. The molecule has 0 fully saturated rings. The van der Waals surface area contributed by atoms with Crippen molar-refractivity contribution in [2.24, 2.45) is 0 Å². The van der Waals surface area contributed by atoms with Crippen LogP contribution < -0.4 is 5.32 Å². The van der Waals surface area contributed by atoms with Crippen LogP contribution >= 0.6 is 11.8 Å². The van der Waals surface area contributed by atoms with Crippen LogP contribution in [0.2, 0.25) is 0 Å². The predicted molar refractivity (Wildman–Crippen MR) is 88.7 cm³/mol. The van der Waals surface area contributed by atoms with Gasteiger partial charge in [0.2, 0.25) is 5.91 Å². The van der Waals surface area contributed by atoms with Gasteiger partial charge < -0.3 is 9.73 Å². The number of carbonyl (C=O) groups excluding carboxylic acids is 1. The highest BCUT2D eigenvalue weighted by molar-refractivity contribution is 7.99. The zero-order valence-corrected chi connectivity index (χ0v) is 13.4. The van der Waals surface area contributed by atoms with E-state index < -0.39 is 0 Å². The highest BCUT2D eigenvalue weighted by Gasteiger charge is 2.06. The number of nitrogens with one attached hydrogen (secondary N) is 1. The first-order chi connectivity index (χ1) is 11.7. The molecule has 2 heterocycles. The number of thioether (sulfide) groups is 1. The third-order valence-electron chi connectivity index (χ3n) is 3.17. The third kappa shape index (κ3) is 4.42. The lowest BCUT2D eigenvalue weighted by atomic mass is 10.1. The summed E-state index contributed by atoms with van der Waals surface area (Å²) in [6.07, 6.45) is 1.56. The van der Waals surface area contributed by atoms with Crippen molar-refractivity contribution in [3.63, 3.8) is 0 Å². The van der Waals surface area contributed by atoms with E-state index in [4.69, 9.17) is 4.42 Å². The van der Waals surface area contributed by atoms with Crippen molar-refractivity contribution in [2.45, 2.75) is 11.6 Å². The Labute approximate surface area is 142 Å². The van der Waals surface area contributed by atoms with Gasteiger partial charge in [0.05, 0.1) is 24.3 Å². The number of rotatable bonds is 6. The fourth-order valence-electron chi connectivity index (χ4n) is 1.96. The Bertz CT molecular complexity index is 790. The van der Waals surface area contributed by atoms with E-state index >= 15 is 0 Å². The molecule has 1 N–H and O–H groups in total. The number of amides is 1. The first-order valence-corrected chi connectivity index (χ1v) is 8.21. The predicted octanol–water partition coefficient (Wildman–Crippen LogP) is 3.28. The lowest BCUT2D eigenvalue weighted by Crippen LogP contribution is -2.24. The van der Waals surface area contributed by atoms with Crippen molar-refractivity contribution in [1.29, 1.82) is 0 Å². The second-order valence-corrected chi connectivity index (χ2v) is 5.90. The topological polar surface area (TPSA) is 68.0 Å². The summed E-state index contributed by atoms with van der Waals surface area (Å²) in [5.41, 5.74) is 1.44. The van der Waals surface area contributed by atoms with Crippen LogP contribution in [0.5, 0.6) is 0 Å². The van der Waals surface area contributed by atoms with Crippen molar-refractivity contribution in [1.82, 2.24) is 15.5 Å². The second-order valence-electron chi connectivity index (χ2n) is 4.91. The van der Waals surface area contributed by atoms with E-state index in [2.05, 4.69) is 15.5 Å². The molecule has 122 valence electrons. The first-order valence-electron chi connectivity index (χ1n) is 7.22. The maximum atomic E-state index is 12.9. The fraction of sp³-hybridized carbons (Fsp3) is 0.118. The number of aromatic nitrogens is 2. The summed E-state index contributed by atoms with van der Waals surface area (Å²) >= 11 is 1.30. The summed E-state index contributed by atoms with van der Waals surface area (Å²) in [5, 5.41) is 11.6. The molecule has 1 amide bonds. The minimum atomic E-state index is -0.292. The lowest BCUT2D eigenvalue weighted by molar-refractivity contribution is -0.118. The zero-order valence-electron chi connectivity index (χ0n) is 12.6. The Morgan fingerprint density at radius 2 is 1.96 bits per heavy atom. The molecular formula is C17H14FN3O2S. The van der Waals surface area contributed by atoms with Crippen molar-refractivity contribution in [3.05, 3.63) is 66.4 Å². The molecule has 7 heteroatoms. The summed E-state index contributed by atoms with van der Waals surface area (Å²) in [4.78, 5) is 11.8. The molecule has 0 aliphatic carbocycles. The first kappa shape index (κ1) is 16.2. The summed E-state index contributed by atoms with van der Waals surface area (Å²) in [6, 6.07) is 13.2.